The number of benzene rings is 2. The van der Waals surface area contributed by atoms with Crippen molar-refractivity contribution in [3.63, 3.8) is 0 Å². The van der Waals surface area contributed by atoms with Gasteiger partial charge >= 0.3 is 11.8 Å². The van der Waals surface area contributed by atoms with E-state index in [1.165, 1.54) is 4.57 Å². The highest BCUT2D eigenvalue weighted by molar-refractivity contribution is 6.76. The number of imide groups is 1. The number of alkyl carbamates (subject to hydrolysis) is 1. The van der Waals surface area contributed by atoms with Crippen LogP contribution in [-0.2, 0) is 22.6 Å². The molecule has 10 nitrogen and oxygen atoms in total. The molecule has 1 atom stereocenters. The van der Waals surface area contributed by atoms with Crippen molar-refractivity contribution in [2.24, 2.45) is 0 Å². The van der Waals surface area contributed by atoms with Crippen molar-refractivity contribution < 1.29 is 28.3 Å². The normalized spacial score (nSPS) is 14.5. The minimum atomic E-state index is -1.26. The summed E-state index contributed by atoms with van der Waals surface area (Å²) in [5.74, 6) is -1.34. The third kappa shape index (κ3) is 7.08. The lowest BCUT2D eigenvalue weighted by Crippen LogP contribution is -2.48. The quantitative estimate of drug-likeness (QED) is 0.215. The number of nitrogens with zero attached hydrogens (tertiary/aromatic N) is 2. The average Bonchev–Trinajstić information content (AvgIpc) is 3.28. The second-order valence-electron chi connectivity index (χ2n) is 12.3. The van der Waals surface area contributed by atoms with Crippen LogP contribution in [0, 0.1) is 0 Å². The topological polar surface area (TPSA) is 120 Å². The first-order valence-electron chi connectivity index (χ1n) is 13.4. The molecule has 1 aliphatic rings. The van der Waals surface area contributed by atoms with E-state index in [4.69, 9.17) is 13.9 Å². The smallest absolute Gasteiger partial charge is 0.421 e. The molecule has 1 unspecified atom stereocenters. The highest BCUT2D eigenvalue weighted by atomic mass is 28.3. The van der Waals surface area contributed by atoms with Crippen LogP contribution in [0.3, 0.4) is 0 Å². The van der Waals surface area contributed by atoms with E-state index in [0.29, 0.717) is 28.8 Å². The molecule has 1 aromatic heterocycles. The van der Waals surface area contributed by atoms with Gasteiger partial charge in [-0.3, -0.25) is 14.5 Å². The number of aromatic nitrogens is 1. The molecule has 11 heteroatoms. The molecule has 0 fully saturated rings. The van der Waals surface area contributed by atoms with Crippen LogP contribution in [0.25, 0.3) is 11.1 Å². The summed E-state index contributed by atoms with van der Waals surface area (Å²) in [6, 6.07) is 12.3. The molecule has 0 saturated carbocycles. The van der Waals surface area contributed by atoms with E-state index in [2.05, 4.69) is 25.0 Å². The maximum atomic E-state index is 13.0. The van der Waals surface area contributed by atoms with E-state index in [1.807, 2.05) is 6.07 Å². The summed E-state index contributed by atoms with van der Waals surface area (Å²) < 4.78 is 18.1. The molecule has 3 aromatic rings. The minimum Gasteiger partial charge on any atom is -0.444 e. The summed E-state index contributed by atoms with van der Waals surface area (Å²) in [6.07, 6.45) is -0.409. The number of carbonyl (C=O) groups is 3. The number of oxazole rings is 1. The van der Waals surface area contributed by atoms with Crippen LogP contribution >= 0.6 is 0 Å². The average molecular weight is 568 g/mol. The fourth-order valence-electron chi connectivity index (χ4n) is 4.44. The van der Waals surface area contributed by atoms with Gasteiger partial charge in [0.15, 0.2) is 5.58 Å². The number of nitrogens with one attached hydrogen (secondary N) is 1. The lowest BCUT2D eigenvalue weighted by Gasteiger charge is -2.26. The lowest BCUT2D eigenvalue weighted by molar-refractivity contribution is 0.0468. The molecule has 214 valence electrons. The third-order valence-electron chi connectivity index (χ3n) is 6.43. The van der Waals surface area contributed by atoms with Crippen LogP contribution in [-0.4, -0.2) is 60.2 Å². The van der Waals surface area contributed by atoms with E-state index in [-0.39, 0.29) is 19.7 Å². The summed E-state index contributed by atoms with van der Waals surface area (Å²) in [5, 5.41) is 2.81. The molecule has 1 N–H and O–H groups in total. The van der Waals surface area contributed by atoms with Crippen LogP contribution in [0.4, 0.5) is 4.79 Å². The fourth-order valence-corrected chi connectivity index (χ4v) is 5.20. The zero-order valence-electron chi connectivity index (χ0n) is 23.9. The number of hydrogen-bond donors (Lipinski definition) is 1. The molecule has 0 bridgehead atoms. The van der Waals surface area contributed by atoms with E-state index in [1.54, 1.807) is 57.2 Å². The zero-order chi connectivity index (χ0) is 29.2. The molecule has 0 radical (unpaired) electrons. The first kappa shape index (κ1) is 29.3. The van der Waals surface area contributed by atoms with Gasteiger partial charge in [0.25, 0.3) is 11.8 Å². The van der Waals surface area contributed by atoms with Gasteiger partial charge in [0, 0.05) is 14.7 Å². The van der Waals surface area contributed by atoms with Gasteiger partial charge in [-0.25, -0.2) is 14.2 Å². The maximum absolute atomic E-state index is 13.0. The molecule has 0 aliphatic carbocycles. The second kappa shape index (κ2) is 11.4. The van der Waals surface area contributed by atoms with Crippen molar-refractivity contribution in [2.45, 2.75) is 71.3 Å². The Hall–Kier alpha value is -3.70. The highest BCUT2D eigenvalue weighted by Crippen LogP contribution is 2.24. The SMILES string of the molecule is CC(C)(C)OC(=O)NC(Cc1ccc2c(c1)oc(=O)n2COCC[Si](C)(C)C)CN1C(=O)c2ccccc2C1=O. The summed E-state index contributed by atoms with van der Waals surface area (Å²) in [5.41, 5.74) is 1.66. The van der Waals surface area contributed by atoms with Gasteiger partial charge in [0.2, 0.25) is 0 Å². The molecular weight excluding hydrogens is 530 g/mol. The van der Waals surface area contributed by atoms with Gasteiger partial charge in [-0.05, 0) is 63.1 Å². The van der Waals surface area contributed by atoms with E-state index in [0.717, 1.165) is 16.5 Å². The first-order chi connectivity index (χ1) is 18.7. The maximum Gasteiger partial charge on any atom is 0.421 e. The fraction of sp³-hybridized carbons (Fsp3) is 0.448. The molecule has 40 heavy (non-hydrogen) atoms. The molecule has 3 amide bonds. The Kier molecular flexibility index (Phi) is 8.36. The standard InChI is InChI=1S/C29H37N3O7Si/c1-29(2,3)39-27(35)30-20(17-31-25(33)21-9-7-8-10-22(21)26(31)34)15-19-11-12-23-24(16-19)38-28(36)32(23)18-37-13-14-40(4,5)6/h7-12,16,20H,13-15,17-18H2,1-6H3,(H,30,35). The van der Waals surface area contributed by atoms with Crippen LogP contribution < -0.4 is 11.1 Å². The molecule has 0 saturated heterocycles. The van der Waals surface area contributed by atoms with E-state index in [9.17, 15) is 19.2 Å². The Balaban J connectivity index is 1.53. The Bertz CT molecular complexity index is 1440. The largest absolute Gasteiger partial charge is 0.444 e. The summed E-state index contributed by atoms with van der Waals surface area (Å²) in [7, 11) is -1.26. The number of rotatable bonds is 10. The van der Waals surface area contributed by atoms with Crippen molar-refractivity contribution in [2.75, 3.05) is 13.2 Å². The first-order valence-corrected chi connectivity index (χ1v) is 17.1. The zero-order valence-corrected chi connectivity index (χ0v) is 24.9. The van der Waals surface area contributed by atoms with Crippen LogP contribution in [0.15, 0.2) is 51.7 Å². The van der Waals surface area contributed by atoms with Gasteiger partial charge in [-0.15, -0.1) is 0 Å². The second-order valence-corrected chi connectivity index (χ2v) is 17.9. The Morgan fingerprint density at radius 2 is 1.68 bits per heavy atom. The Morgan fingerprint density at radius 3 is 2.27 bits per heavy atom. The number of amides is 3. The summed E-state index contributed by atoms with van der Waals surface area (Å²) in [6.45, 7) is 12.6. The van der Waals surface area contributed by atoms with Crippen molar-refractivity contribution in [3.8, 4) is 0 Å². The Morgan fingerprint density at radius 1 is 1.02 bits per heavy atom. The predicted molar refractivity (Wildman–Crippen MR) is 153 cm³/mol. The van der Waals surface area contributed by atoms with Gasteiger partial charge in [0.1, 0.15) is 12.3 Å². The third-order valence-corrected chi connectivity index (χ3v) is 8.14. The molecular formula is C29H37N3O7Si. The van der Waals surface area contributed by atoms with E-state index < -0.39 is 43.4 Å². The highest BCUT2D eigenvalue weighted by Gasteiger charge is 2.37. The van der Waals surface area contributed by atoms with Gasteiger partial charge in [0.05, 0.1) is 29.2 Å². The Labute approximate surface area is 234 Å². The van der Waals surface area contributed by atoms with Crippen molar-refractivity contribution >= 4 is 37.1 Å². The number of hydrogen-bond acceptors (Lipinski definition) is 7. The lowest BCUT2D eigenvalue weighted by atomic mass is 10.0. The summed E-state index contributed by atoms with van der Waals surface area (Å²) >= 11 is 0. The van der Waals surface area contributed by atoms with Crippen LogP contribution in [0.5, 0.6) is 0 Å². The molecule has 2 heterocycles. The minimum absolute atomic E-state index is 0.0560. The number of ether oxygens (including phenoxy) is 2. The van der Waals surface area contributed by atoms with Gasteiger partial charge in [-0.2, -0.15) is 0 Å². The number of fused-ring (bicyclic) bond motifs is 2. The molecule has 0 spiro atoms. The van der Waals surface area contributed by atoms with Crippen molar-refractivity contribution in [1.29, 1.82) is 0 Å². The van der Waals surface area contributed by atoms with Crippen LogP contribution in [0.2, 0.25) is 25.7 Å². The van der Waals surface area contributed by atoms with E-state index >= 15 is 0 Å². The van der Waals surface area contributed by atoms with Crippen molar-refractivity contribution in [3.05, 3.63) is 69.7 Å². The van der Waals surface area contributed by atoms with Gasteiger partial charge in [-0.1, -0.05) is 37.8 Å². The molecule has 2 aromatic carbocycles. The predicted octanol–water partition coefficient (Wildman–Crippen LogP) is 4.64. The monoisotopic (exact) mass is 567 g/mol. The van der Waals surface area contributed by atoms with Crippen LogP contribution in [0.1, 0.15) is 47.1 Å². The summed E-state index contributed by atoms with van der Waals surface area (Å²) in [4.78, 5) is 52.3. The number of carbonyl (C=O) groups excluding carboxylic acids is 3. The van der Waals surface area contributed by atoms with Crippen molar-refractivity contribution in [1.82, 2.24) is 14.8 Å². The van der Waals surface area contributed by atoms with Gasteiger partial charge < -0.3 is 19.2 Å². The molecule has 4 rings (SSSR count). The molecule has 1 aliphatic heterocycles.